The zero-order valence-corrected chi connectivity index (χ0v) is 15.2. The van der Waals surface area contributed by atoms with Gasteiger partial charge in [-0.05, 0) is 49.2 Å². The van der Waals surface area contributed by atoms with E-state index in [1.807, 2.05) is 61.5 Å². The van der Waals surface area contributed by atoms with Crippen molar-refractivity contribution in [2.24, 2.45) is 0 Å². The molecule has 1 fully saturated rings. The number of carbonyl (C=O) groups is 1. The quantitative estimate of drug-likeness (QED) is 0.665. The van der Waals surface area contributed by atoms with Gasteiger partial charge in [0.1, 0.15) is 5.25 Å². The Bertz CT molecular complexity index is 889. The van der Waals surface area contributed by atoms with Crippen LogP contribution >= 0.6 is 11.8 Å². The molecule has 132 valence electrons. The topological polar surface area (TPSA) is 68.0 Å². The molecule has 1 amide bonds. The SMILES string of the molecule is Cc1ccc(-c2nnc(SC(C(=O)NC3CC3)c3ccccc3)o2)cc1. The fourth-order valence-electron chi connectivity index (χ4n) is 2.58. The highest BCUT2D eigenvalue weighted by atomic mass is 32.2. The van der Waals surface area contributed by atoms with E-state index in [0.717, 1.165) is 24.0 Å². The van der Waals surface area contributed by atoms with Crippen LogP contribution in [-0.2, 0) is 4.79 Å². The molecule has 1 aromatic heterocycles. The molecule has 0 spiro atoms. The number of benzene rings is 2. The Hall–Kier alpha value is -2.60. The van der Waals surface area contributed by atoms with E-state index in [1.54, 1.807) is 0 Å². The van der Waals surface area contributed by atoms with Crippen LogP contribution in [-0.4, -0.2) is 22.1 Å². The zero-order chi connectivity index (χ0) is 17.9. The number of amides is 1. The Morgan fingerprint density at radius 2 is 1.85 bits per heavy atom. The van der Waals surface area contributed by atoms with Crippen molar-refractivity contribution in [3.8, 4) is 11.5 Å². The van der Waals surface area contributed by atoms with Crippen molar-refractivity contribution >= 4 is 17.7 Å². The molecule has 4 rings (SSSR count). The molecule has 0 bridgehead atoms. The van der Waals surface area contributed by atoms with Crippen LogP contribution in [0.5, 0.6) is 0 Å². The lowest BCUT2D eigenvalue weighted by Gasteiger charge is -2.14. The summed E-state index contributed by atoms with van der Waals surface area (Å²) in [6.07, 6.45) is 2.10. The first kappa shape index (κ1) is 16.8. The Kier molecular flexibility index (Phi) is 4.75. The Balaban J connectivity index is 1.55. The molecule has 6 heteroatoms. The van der Waals surface area contributed by atoms with Crippen molar-refractivity contribution in [1.82, 2.24) is 15.5 Å². The average Bonchev–Trinajstić information content (AvgIpc) is 3.35. The van der Waals surface area contributed by atoms with Gasteiger partial charge in [0.05, 0.1) is 0 Å². The van der Waals surface area contributed by atoms with Gasteiger partial charge >= 0.3 is 0 Å². The van der Waals surface area contributed by atoms with E-state index in [1.165, 1.54) is 17.3 Å². The second-order valence-corrected chi connectivity index (χ2v) is 7.49. The molecule has 0 saturated heterocycles. The number of carbonyl (C=O) groups excluding carboxylic acids is 1. The molecule has 1 aliphatic carbocycles. The Morgan fingerprint density at radius 1 is 1.12 bits per heavy atom. The summed E-state index contributed by atoms with van der Waals surface area (Å²) in [7, 11) is 0. The van der Waals surface area contributed by atoms with Crippen LogP contribution in [0.2, 0.25) is 0 Å². The number of aromatic nitrogens is 2. The Labute approximate surface area is 156 Å². The lowest BCUT2D eigenvalue weighted by molar-refractivity contribution is -0.120. The fraction of sp³-hybridized carbons (Fsp3) is 0.250. The summed E-state index contributed by atoms with van der Waals surface area (Å²) in [5, 5.41) is 11.3. The van der Waals surface area contributed by atoms with Crippen LogP contribution in [0, 0.1) is 6.92 Å². The van der Waals surface area contributed by atoms with Gasteiger partial charge in [-0.2, -0.15) is 0 Å². The summed E-state index contributed by atoms with van der Waals surface area (Å²) in [5.41, 5.74) is 2.96. The number of hydrogen-bond acceptors (Lipinski definition) is 5. The highest BCUT2D eigenvalue weighted by Gasteiger charge is 2.30. The smallest absolute Gasteiger partial charge is 0.277 e. The molecule has 1 heterocycles. The molecular formula is C20H19N3O2S. The van der Waals surface area contributed by atoms with Gasteiger partial charge in [-0.25, -0.2) is 0 Å². The second kappa shape index (κ2) is 7.33. The van der Waals surface area contributed by atoms with Crippen molar-refractivity contribution in [3.63, 3.8) is 0 Å². The second-order valence-electron chi connectivity index (χ2n) is 6.43. The molecule has 0 aliphatic heterocycles. The first-order valence-electron chi connectivity index (χ1n) is 8.61. The van der Waals surface area contributed by atoms with E-state index >= 15 is 0 Å². The normalized spacial score (nSPS) is 14.8. The third-order valence-electron chi connectivity index (χ3n) is 4.19. The molecule has 1 unspecified atom stereocenters. The van der Waals surface area contributed by atoms with Gasteiger partial charge in [-0.15, -0.1) is 10.2 Å². The standard InChI is InChI=1S/C20H19N3O2S/c1-13-7-9-15(10-8-13)19-22-23-20(25-19)26-17(14-5-3-2-4-6-14)18(24)21-16-11-12-16/h2-10,16-17H,11-12H2,1H3,(H,21,24). The van der Waals surface area contributed by atoms with Crippen molar-refractivity contribution in [3.05, 3.63) is 65.7 Å². The lowest BCUT2D eigenvalue weighted by atomic mass is 10.1. The maximum absolute atomic E-state index is 12.7. The molecule has 3 aromatic rings. The summed E-state index contributed by atoms with van der Waals surface area (Å²) in [4.78, 5) is 12.7. The minimum atomic E-state index is -0.414. The zero-order valence-electron chi connectivity index (χ0n) is 14.4. The number of thioether (sulfide) groups is 1. The van der Waals surface area contributed by atoms with Crippen LogP contribution in [0.25, 0.3) is 11.5 Å². The van der Waals surface area contributed by atoms with Crippen molar-refractivity contribution in [2.75, 3.05) is 0 Å². The van der Waals surface area contributed by atoms with Crippen LogP contribution in [0.4, 0.5) is 0 Å². The maximum atomic E-state index is 12.7. The van der Waals surface area contributed by atoms with Gasteiger partial charge in [0, 0.05) is 11.6 Å². The van der Waals surface area contributed by atoms with E-state index in [-0.39, 0.29) is 5.91 Å². The average molecular weight is 365 g/mol. The van der Waals surface area contributed by atoms with Crippen LogP contribution < -0.4 is 5.32 Å². The number of aryl methyl sites for hydroxylation is 1. The van der Waals surface area contributed by atoms with Gasteiger partial charge in [0.15, 0.2) is 0 Å². The van der Waals surface area contributed by atoms with E-state index < -0.39 is 5.25 Å². The molecule has 0 radical (unpaired) electrons. The van der Waals surface area contributed by atoms with E-state index in [4.69, 9.17) is 4.42 Å². The largest absolute Gasteiger partial charge is 0.411 e. The van der Waals surface area contributed by atoms with Gasteiger partial charge < -0.3 is 9.73 Å². The van der Waals surface area contributed by atoms with Gasteiger partial charge in [-0.3, -0.25) is 4.79 Å². The summed E-state index contributed by atoms with van der Waals surface area (Å²) < 4.78 is 5.79. The fourth-order valence-corrected chi connectivity index (χ4v) is 3.46. The van der Waals surface area contributed by atoms with E-state index in [2.05, 4.69) is 15.5 Å². The minimum absolute atomic E-state index is 0.0150. The highest BCUT2D eigenvalue weighted by Crippen LogP contribution is 2.36. The lowest BCUT2D eigenvalue weighted by Crippen LogP contribution is -2.29. The van der Waals surface area contributed by atoms with Gasteiger partial charge in [0.2, 0.25) is 11.8 Å². The molecule has 1 aliphatic rings. The summed E-state index contributed by atoms with van der Waals surface area (Å²) in [6, 6.07) is 17.9. The summed E-state index contributed by atoms with van der Waals surface area (Å²) >= 11 is 1.29. The van der Waals surface area contributed by atoms with Crippen LogP contribution in [0.3, 0.4) is 0 Å². The van der Waals surface area contributed by atoms with E-state index in [0.29, 0.717) is 17.2 Å². The van der Waals surface area contributed by atoms with E-state index in [9.17, 15) is 4.79 Å². The van der Waals surface area contributed by atoms with Crippen molar-refractivity contribution in [2.45, 2.75) is 36.3 Å². The van der Waals surface area contributed by atoms with Crippen molar-refractivity contribution in [1.29, 1.82) is 0 Å². The maximum Gasteiger partial charge on any atom is 0.277 e. The predicted octanol–water partition coefficient (Wildman–Crippen LogP) is 4.16. The monoisotopic (exact) mass is 365 g/mol. The van der Waals surface area contributed by atoms with Gasteiger partial charge in [0.25, 0.3) is 5.22 Å². The molecule has 1 saturated carbocycles. The summed E-state index contributed by atoms with van der Waals surface area (Å²) in [5.74, 6) is 0.445. The number of hydrogen-bond donors (Lipinski definition) is 1. The van der Waals surface area contributed by atoms with Gasteiger partial charge in [-0.1, -0.05) is 48.0 Å². The number of nitrogens with one attached hydrogen (secondary N) is 1. The molecular weight excluding hydrogens is 346 g/mol. The molecule has 26 heavy (non-hydrogen) atoms. The van der Waals surface area contributed by atoms with Crippen molar-refractivity contribution < 1.29 is 9.21 Å². The predicted molar refractivity (Wildman–Crippen MR) is 101 cm³/mol. The molecule has 1 N–H and O–H groups in total. The Morgan fingerprint density at radius 3 is 2.54 bits per heavy atom. The molecule has 2 aromatic carbocycles. The minimum Gasteiger partial charge on any atom is -0.411 e. The number of rotatable bonds is 6. The highest BCUT2D eigenvalue weighted by molar-refractivity contribution is 8.00. The first-order valence-corrected chi connectivity index (χ1v) is 9.49. The third-order valence-corrected chi connectivity index (χ3v) is 5.28. The summed E-state index contributed by atoms with van der Waals surface area (Å²) in [6.45, 7) is 2.03. The van der Waals surface area contributed by atoms with Crippen LogP contribution in [0.1, 0.15) is 29.2 Å². The molecule has 5 nitrogen and oxygen atoms in total. The molecule has 1 atom stereocenters. The third kappa shape index (κ3) is 3.96. The number of nitrogens with zero attached hydrogens (tertiary/aromatic N) is 2. The first-order chi connectivity index (χ1) is 12.7. The van der Waals surface area contributed by atoms with Crippen LogP contribution in [0.15, 0.2) is 64.2 Å².